The van der Waals surface area contributed by atoms with Gasteiger partial charge in [0.1, 0.15) is 0 Å². The molecule has 1 radical (unpaired) electrons. The van der Waals surface area contributed by atoms with Crippen LogP contribution in [-0.2, 0) is 0 Å². The molecule has 0 saturated heterocycles. The lowest BCUT2D eigenvalue weighted by Gasteiger charge is -2.37. The van der Waals surface area contributed by atoms with Crippen LogP contribution in [0.5, 0.6) is 0 Å². The van der Waals surface area contributed by atoms with Crippen LogP contribution in [0.15, 0.2) is 48.5 Å². The van der Waals surface area contributed by atoms with Crippen LogP contribution < -0.4 is 0 Å². The van der Waals surface area contributed by atoms with Crippen molar-refractivity contribution < 1.29 is 0 Å². The van der Waals surface area contributed by atoms with E-state index in [0.29, 0.717) is 0 Å². The summed E-state index contributed by atoms with van der Waals surface area (Å²) in [5.41, 5.74) is 5.56. The summed E-state index contributed by atoms with van der Waals surface area (Å²) in [5.74, 6) is 4.55. The van der Waals surface area contributed by atoms with Gasteiger partial charge in [0, 0.05) is 0 Å². The minimum absolute atomic E-state index is 0.787. The largest absolute Gasteiger partial charge is 0.0591 e. The molecule has 0 amide bonds. The third-order valence-electron chi connectivity index (χ3n) is 7.09. The van der Waals surface area contributed by atoms with Crippen LogP contribution >= 0.6 is 0 Å². The van der Waals surface area contributed by atoms with E-state index in [4.69, 9.17) is 0 Å². The van der Waals surface area contributed by atoms with Crippen molar-refractivity contribution in [1.29, 1.82) is 0 Å². The molecule has 2 aliphatic rings. The molecule has 0 unspecified atom stereocenters. The van der Waals surface area contributed by atoms with Crippen molar-refractivity contribution in [2.75, 3.05) is 0 Å². The Balaban J connectivity index is 1.35. The maximum absolute atomic E-state index is 2.39. The average Bonchev–Trinajstić information content (AvgIpc) is 2.70. The predicted octanol–water partition coefficient (Wildman–Crippen LogP) is 7.72. The summed E-state index contributed by atoms with van der Waals surface area (Å²) in [6.07, 6.45) is 11.4. The molecule has 26 heavy (non-hydrogen) atoms. The molecule has 2 aliphatic carbocycles. The van der Waals surface area contributed by atoms with Crippen molar-refractivity contribution in [2.45, 2.75) is 71.1 Å². The molecular weight excluding hydrogens is 312 g/mol. The van der Waals surface area contributed by atoms with Crippen LogP contribution in [0.25, 0.3) is 11.1 Å². The average molecular weight is 346 g/mol. The van der Waals surface area contributed by atoms with E-state index < -0.39 is 0 Å². The number of aryl methyl sites for hydroxylation is 1. The Morgan fingerprint density at radius 3 is 1.65 bits per heavy atom. The first-order chi connectivity index (χ1) is 12.7. The van der Waals surface area contributed by atoms with Crippen LogP contribution in [0.4, 0.5) is 0 Å². The molecule has 2 saturated carbocycles. The van der Waals surface area contributed by atoms with E-state index in [9.17, 15) is 0 Å². The normalized spacial score (nSPS) is 25.3. The van der Waals surface area contributed by atoms with Gasteiger partial charge in [-0.1, -0.05) is 61.0 Å². The summed E-state index contributed by atoms with van der Waals surface area (Å²) in [7, 11) is 0. The molecule has 2 aromatic carbocycles. The molecule has 0 spiro atoms. The second kappa shape index (κ2) is 7.99. The van der Waals surface area contributed by atoms with Crippen molar-refractivity contribution in [3.05, 3.63) is 65.6 Å². The Bertz CT molecular complexity index is 678. The van der Waals surface area contributed by atoms with E-state index >= 15 is 0 Å². The highest BCUT2D eigenvalue weighted by atomic mass is 14.4. The van der Waals surface area contributed by atoms with Gasteiger partial charge in [-0.25, -0.2) is 0 Å². The highest BCUT2D eigenvalue weighted by Gasteiger charge is 2.30. The standard InChI is InChI=1S/C26H33/c1-19-3-7-21(8-4-19)23-11-15-25(16-12-23)26-17-13-24(14-18-26)22-9-5-20(2)6-10-22/h3-4,7-8,11-12,15-16,22,24,26H,5-6,9-10,13-14,17-18H2,1-2H3. The topological polar surface area (TPSA) is 0 Å². The monoisotopic (exact) mass is 345 g/mol. The molecule has 2 aromatic rings. The number of hydrogen-bond donors (Lipinski definition) is 0. The van der Waals surface area contributed by atoms with Crippen LogP contribution in [0, 0.1) is 24.7 Å². The van der Waals surface area contributed by atoms with Gasteiger partial charge in [-0.05, 0) is 98.7 Å². The summed E-state index contributed by atoms with van der Waals surface area (Å²) >= 11 is 0. The number of benzene rings is 2. The molecular formula is C26H33. The van der Waals surface area contributed by atoms with E-state index in [1.807, 2.05) is 0 Å². The van der Waals surface area contributed by atoms with Gasteiger partial charge in [0.05, 0.1) is 0 Å². The molecule has 2 fully saturated rings. The van der Waals surface area contributed by atoms with Crippen LogP contribution in [-0.4, -0.2) is 0 Å². The molecule has 0 atom stereocenters. The zero-order valence-corrected chi connectivity index (χ0v) is 16.5. The maximum Gasteiger partial charge on any atom is -0.0162 e. The third-order valence-corrected chi connectivity index (χ3v) is 7.09. The minimum atomic E-state index is 0.787. The smallest absolute Gasteiger partial charge is 0.0162 e. The Morgan fingerprint density at radius 1 is 0.577 bits per heavy atom. The molecule has 0 bridgehead atoms. The van der Waals surface area contributed by atoms with Gasteiger partial charge in [-0.15, -0.1) is 0 Å². The summed E-state index contributed by atoms with van der Waals surface area (Å²) < 4.78 is 0. The molecule has 0 nitrogen and oxygen atoms in total. The molecule has 0 aromatic heterocycles. The van der Waals surface area contributed by atoms with E-state index in [1.165, 1.54) is 68.1 Å². The van der Waals surface area contributed by atoms with Crippen molar-refractivity contribution in [1.82, 2.24) is 0 Å². The van der Waals surface area contributed by atoms with Gasteiger partial charge in [-0.3, -0.25) is 0 Å². The highest BCUT2D eigenvalue weighted by molar-refractivity contribution is 5.64. The quantitative estimate of drug-likeness (QED) is 0.534. The lowest BCUT2D eigenvalue weighted by Crippen LogP contribution is -2.24. The Kier molecular flexibility index (Phi) is 5.48. The molecule has 0 heteroatoms. The van der Waals surface area contributed by atoms with Crippen LogP contribution in [0.1, 0.15) is 75.3 Å². The van der Waals surface area contributed by atoms with Crippen molar-refractivity contribution >= 4 is 0 Å². The van der Waals surface area contributed by atoms with Crippen molar-refractivity contribution in [3.63, 3.8) is 0 Å². The first kappa shape index (κ1) is 17.8. The Hall–Kier alpha value is -1.56. The van der Waals surface area contributed by atoms with E-state index in [0.717, 1.165) is 17.8 Å². The van der Waals surface area contributed by atoms with Gasteiger partial charge in [0.2, 0.25) is 0 Å². The Labute approximate surface area is 160 Å². The SMILES string of the molecule is C[C]1CCC(C2CCC(c3ccc(-c4ccc(C)cc4)cc3)CC2)CC1. The Morgan fingerprint density at radius 2 is 1.08 bits per heavy atom. The van der Waals surface area contributed by atoms with Gasteiger partial charge >= 0.3 is 0 Å². The molecule has 0 heterocycles. The minimum Gasteiger partial charge on any atom is -0.0591 e. The van der Waals surface area contributed by atoms with E-state index in [-0.39, 0.29) is 0 Å². The fourth-order valence-corrected chi connectivity index (χ4v) is 5.22. The fraction of sp³-hybridized carbons (Fsp3) is 0.500. The van der Waals surface area contributed by atoms with Gasteiger partial charge < -0.3 is 0 Å². The first-order valence-corrected chi connectivity index (χ1v) is 10.7. The van der Waals surface area contributed by atoms with Gasteiger partial charge in [0.15, 0.2) is 0 Å². The third kappa shape index (κ3) is 4.05. The predicted molar refractivity (Wildman–Crippen MR) is 112 cm³/mol. The zero-order chi connectivity index (χ0) is 17.9. The van der Waals surface area contributed by atoms with Crippen molar-refractivity contribution in [3.8, 4) is 11.1 Å². The highest BCUT2D eigenvalue weighted by Crippen LogP contribution is 2.44. The summed E-state index contributed by atoms with van der Waals surface area (Å²) in [4.78, 5) is 0. The second-order valence-corrected chi connectivity index (χ2v) is 8.89. The summed E-state index contributed by atoms with van der Waals surface area (Å²) in [5, 5.41) is 0. The maximum atomic E-state index is 2.39. The van der Waals surface area contributed by atoms with Gasteiger partial charge in [-0.2, -0.15) is 0 Å². The molecule has 0 N–H and O–H groups in total. The molecule has 4 rings (SSSR count). The molecule has 0 aliphatic heterocycles. The zero-order valence-electron chi connectivity index (χ0n) is 16.5. The lowest BCUT2D eigenvalue weighted by molar-refractivity contribution is 0.193. The molecule has 137 valence electrons. The summed E-state index contributed by atoms with van der Waals surface area (Å²) in [6, 6.07) is 18.3. The fourth-order valence-electron chi connectivity index (χ4n) is 5.22. The van der Waals surface area contributed by atoms with Crippen LogP contribution in [0.2, 0.25) is 0 Å². The second-order valence-electron chi connectivity index (χ2n) is 8.89. The lowest BCUT2D eigenvalue weighted by atomic mass is 9.68. The van der Waals surface area contributed by atoms with E-state index in [1.54, 1.807) is 11.5 Å². The summed E-state index contributed by atoms with van der Waals surface area (Å²) in [6.45, 7) is 4.50. The van der Waals surface area contributed by atoms with E-state index in [2.05, 4.69) is 62.4 Å². The van der Waals surface area contributed by atoms with Crippen LogP contribution in [0.3, 0.4) is 0 Å². The number of rotatable bonds is 3. The van der Waals surface area contributed by atoms with Crippen molar-refractivity contribution in [2.24, 2.45) is 11.8 Å². The number of hydrogen-bond acceptors (Lipinski definition) is 0. The van der Waals surface area contributed by atoms with Gasteiger partial charge in [0.25, 0.3) is 0 Å². The first-order valence-electron chi connectivity index (χ1n) is 10.7.